The van der Waals surface area contributed by atoms with Gasteiger partial charge in [-0.25, -0.2) is 4.98 Å². The third-order valence-corrected chi connectivity index (χ3v) is 3.17. The lowest BCUT2D eigenvalue weighted by Gasteiger charge is -2.05. The maximum Gasteiger partial charge on any atom is 0.181 e. The summed E-state index contributed by atoms with van der Waals surface area (Å²) in [5.74, 6) is 0.899. The third kappa shape index (κ3) is 2.24. The van der Waals surface area contributed by atoms with Crippen molar-refractivity contribution in [3.05, 3.63) is 41.9 Å². The second-order valence-electron chi connectivity index (χ2n) is 4.60. The molecule has 0 spiro atoms. The second-order valence-corrected chi connectivity index (χ2v) is 4.60. The van der Waals surface area contributed by atoms with Gasteiger partial charge in [-0.05, 0) is 25.3 Å². The minimum Gasteiger partial charge on any atom is -0.443 e. The van der Waals surface area contributed by atoms with Gasteiger partial charge in [0.05, 0.1) is 0 Å². The first-order valence-electron chi connectivity index (χ1n) is 6.06. The van der Waals surface area contributed by atoms with Gasteiger partial charge in [-0.1, -0.05) is 24.3 Å². The summed E-state index contributed by atoms with van der Waals surface area (Å²) in [6.07, 6.45) is 4.11. The maximum absolute atomic E-state index is 5.53. The number of nitrogens with one attached hydrogen (secondary N) is 1. The molecule has 0 amide bonds. The number of oxazole rings is 1. The molecule has 17 heavy (non-hydrogen) atoms. The van der Waals surface area contributed by atoms with E-state index in [9.17, 15) is 0 Å². The summed E-state index contributed by atoms with van der Waals surface area (Å²) in [5.41, 5.74) is 3.36. The molecule has 1 N–H and O–H groups in total. The Morgan fingerprint density at radius 2 is 2.18 bits per heavy atom. The Morgan fingerprint density at radius 3 is 2.94 bits per heavy atom. The average molecular weight is 228 g/mol. The van der Waals surface area contributed by atoms with Gasteiger partial charge in [-0.2, -0.15) is 0 Å². The second kappa shape index (κ2) is 4.34. The van der Waals surface area contributed by atoms with Crippen LogP contribution in [0.2, 0.25) is 0 Å². The summed E-state index contributed by atoms with van der Waals surface area (Å²) >= 11 is 0. The maximum atomic E-state index is 5.53. The number of aryl methyl sites for hydroxylation is 1. The van der Waals surface area contributed by atoms with E-state index in [1.54, 1.807) is 0 Å². The van der Waals surface area contributed by atoms with E-state index in [4.69, 9.17) is 4.42 Å². The number of hydrogen-bond donors (Lipinski definition) is 1. The molecule has 0 unspecified atom stereocenters. The lowest BCUT2D eigenvalue weighted by Crippen LogP contribution is -2.16. The number of aromatic nitrogens is 1. The van der Waals surface area contributed by atoms with Gasteiger partial charge in [0, 0.05) is 18.2 Å². The van der Waals surface area contributed by atoms with Gasteiger partial charge in [-0.15, -0.1) is 0 Å². The topological polar surface area (TPSA) is 38.1 Å². The average Bonchev–Trinajstić information content (AvgIpc) is 3.06. The van der Waals surface area contributed by atoms with Gasteiger partial charge in [-0.3, -0.25) is 0 Å². The molecule has 1 saturated carbocycles. The van der Waals surface area contributed by atoms with Crippen LogP contribution in [0.4, 0.5) is 0 Å². The molecule has 0 aliphatic heterocycles. The Morgan fingerprint density at radius 1 is 1.35 bits per heavy atom. The van der Waals surface area contributed by atoms with E-state index in [1.165, 1.54) is 24.8 Å². The fraction of sp³-hybridized carbons (Fsp3) is 0.357. The van der Waals surface area contributed by atoms with Crippen molar-refractivity contribution in [3.63, 3.8) is 0 Å². The molecular formula is C14H16N2O. The third-order valence-electron chi connectivity index (χ3n) is 3.17. The highest BCUT2D eigenvalue weighted by atomic mass is 16.3. The highest BCUT2D eigenvalue weighted by molar-refractivity contribution is 5.63. The largest absolute Gasteiger partial charge is 0.443 e. The van der Waals surface area contributed by atoms with Crippen LogP contribution in [0.5, 0.6) is 0 Å². The van der Waals surface area contributed by atoms with Gasteiger partial charge >= 0.3 is 0 Å². The van der Waals surface area contributed by atoms with Crippen LogP contribution in [-0.4, -0.2) is 11.0 Å². The normalized spacial score (nSPS) is 15.1. The molecule has 2 aromatic rings. The Hall–Kier alpha value is -1.61. The van der Waals surface area contributed by atoms with E-state index in [0.29, 0.717) is 6.04 Å². The number of hydrogen-bond acceptors (Lipinski definition) is 3. The Labute approximate surface area is 101 Å². The van der Waals surface area contributed by atoms with Crippen molar-refractivity contribution in [3.8, 4) is 11.3 Å². The molecule has 1 aromatic heterocycles. The van der Waals surface area contributed by atoms with E-state index in [0.717, 1.165) is 23.6 Å². The smallest absolute Gasteiger partial charge is 0.181 e. The lowest BCUT2D eigenvalue weighted by atomic mass is 10.1. The standard InChI is InChI=1S/C14H16N2O/c1-10-4-2-3-5-12(10)14-13(16-9-17-14)8-15-11-6-7-11/h2-5,9,11,15H,6-8H2,1H3. The summed E-state index contributed by atoms with van der Waals surface area (Å²) < 4.78 is 5.53. The van der Waals surface area contributed by atoms with Gasteiger partial charge < -0.3 is 9.73 Å². The molecule has 88 valence electrons. The van der Waals surface area contributed by atoms with Crippen LogP contribution in [0.25, 0.3) is 11.3 Å². The molecular weight excluding hydrogens is 212 g/mol. The predicted molar refractivity (Wildman–Crippen MR) is 66.5 cm³/mol. The first-order valence-corrected chi connectivity index (χ1v) is 6.06. The van der Waals surface area contributed by atoms with E-state index >= 15 is 0 Å². The van der Waals surface area contributed by atoms with E-state index < -0.39 is 0 Å². The minimum atomic E-state index is 0.691. The van der Waals surface area contributed by atoms with Crippen LogP contribution in [0, 0.1) is 6.92 Å². The van der Waals surface area contributed by atoms with E-state index in [2.05, 4.69) is 29.4 Å². The SMILES string of the molecule is Cc1ccccc1-c1ocnc1CNC1CC1. The van der Waals surface area contributed by atoms with Crippen molar-refractivity contribution in [2.75, 3.05) is 0 Å². The van der Waals surface area contributed by atoms with Crippen LogP contribution in [0.1, 0.15) is 24.1 Å². The quantitative estimate of drug-likeness (QED) is 0.874. The molecule has 0 atom stereocenters. The van der Waals surface area contributed by atoms with Crippen molar-refractivity contribution in [2.24, 2.45) is 0 Å². The molecule has 1 aromatic carbocycles. The molecule has 3 nitrogen and oxygen atoms in total. The molecule has 0 bridgehead atoms. The molecule has 0 saturated heterocycles. The van der Waals surface area contributed by atoms with Crippen LogP contribution in [0.15, 0.2) is 35.1 Å². The van der Waals surface area contributed by atoms with E-state index in [1.807, 2.05) is 12.1 Å². The van der Waals surface area contributed by atoms with Crippen LogP contribution >= 0.6 is 0 Å². The molecule has 1 fully saturated rings. The fourth-order valence-corrected chi connectivity index (χ4v) is 1.97. The van der Waals surface area contributed by atoms with Gasteiger partial charge in [0.25, 0.3) is 0 Å². The highest BCUT2D eigenvalue weighted by Crippen LogP contribution is 2.27. The molecule has 1 aliphatic carbocycles. The highest BCUT2D eigenvalue weighted by Gasteiger charge is 2.21. The zero-order valence-electron chi connectivity index (χ0n) is 9.94. The van der Waals surface area contributed by atoms with Crippen molar-refractivity contribution >= 4 is 0 Å². The summed E-state index contributed by atoms with van der Waals surface area (Å²) in [6, 6.07) is 8.93. The van der Waals surface area contributed by atoms with Gasteiger partial charge in [0.1, 0.15) is 5.69 Å². The molecule has 3 heteroatoms. The predicted octanol–water partition coefficient (Wildman–Crippen LogP) is 2.90. The molecule has 3 rings (SSSR count). The lowest BCUT2D eigenvalue weighted by molar-refractivity contribution is 0.569. The number of nitrogens with zero attached hydrogens (tertiary/aromatic N) is 1. The van der Waals surface area contributed by atoms with Crippen LogP contribution < -0.4 is 5.32 Å². The Balaban J connectivity index is 1.86. The van der Waals surface area contributed by atoms with Crippen molar-refractivity contribution < 1.29 is 4.42 Å². The monoisotopic (exact) mass is 228 g/mol. The number of benzene rings is 1. The summed E-state index contributed by atoms with van der Waals surface area (Å²) in [6.45, 7) is 2.89. The first kappa shape index (κ1) is 10.5. The van der Waals surface area contributed by atoms with Crippen molar-refractivity contribution in [1.29, 1.82) is 0 Å². The van der Waals surface area contributed by atoms with Gasteiger partial charge in [0.15, 0.2) is 12.2 Å². The first-order chi connectivity index (χ1) is 8.34. The Bertz CT molecular complexity index is 514. The molecule has 1 heterocycles. The minimum absolute atomic E-state index is 0.691. The zero-order valence-corrected chi connectivity index (χ0v) is 9.94. The van der Waals surface area contributed by atoms with Crippen LogP contribution in [0.3, 0.4) is 0 Å². The molecule has 0 radical (unpaired) electrons. The number of rotatable bonds is 4. The van der Waals surface area contributed by atoms with Crippen LogP contribution in [-0.2, 0) is 6.54 Å². The summed E-state index contributed by atoms with van der Waals surface area (Å²) in [7, 11) is 0. The van der Waals surface area contributed by atoms with Crippen molar-refractivity contribution in [1.82, 2.24) is 10.3 Å². The zero-order chi connectivity index (χ0) is 11.7. The van der Waals surface area contributed by atoms with Crippen molar-refractivity contribution in [2.45, 2.75) is 32.4 Å². The Kier molecular flexibility index (Phi) is 2.69. The van der Waals surface area contributed by atoms with Gasteiger partial charge in [0.2, 0.25) is 0 Å². The summed E-state index contributed by atoms with van der Waals surface area (Å²) in [4.78, 5) is 4.30. The summed E-state index contributed by atoms with van der Waals surface area (Å²) in [5, 5.41) is 3.47. The molecule has 1 aliphatic rings. The van der Waals surface area contributed by atoms with E-state index in [-0.39, 0.29) is 0 Å². The fourth-order valence-electron chi connectivity index (χ4n) is 1.97.